The number of rotatable bonds is 2. The molecular formula is C17H18N2O. The minimum Gasteiger partial charge on any atom is -0.437 e. The van der Waals surface area contributed by atoms with Gasteiger partial charge in [-0.3, -0.25) is 0 Å². The maximum absolute atomic E-state index is 9.11. The number of benzene rings is 1. The van der Waals surface area contributed by atoms with Gasteiger partial charge in [0.25, 0.3) is 0 Å². The van der Waals surface area contributed by atoms with Crippen molar-refractivity contribution >= 4 is 0 Å². The second-order valence-electron chi connectivity index (χ2n) is 5.82. The van der Waals surface area contributed by atoms with E-state index in [0.29, 0.717) is 11.4 Å². The summed E-state index contributed by atoms with van der Waals surface area (Å²) < 4.78 is 5.91. The number of pyridine rings is 1. The molecule has 0 aliphatic carbocycles. The molecule has 2 rings (SSSR count). The van der Waals surface area contributed by atoms with Crippen molar-refractivity contribution in [3.8, 4) is 17.7 Å². The molecule has 0 unspecified atom stereocenters. The molecule has 0 spiro atoms. The molecule has 1 heterocycles. The largest absolute Gasteiger partial charge is 0.437 e. The fraction of sp³-hybridized carbons (Fsp3) is 0.294. The van der Waals surface area contributed by atoms with Gasteiger partial charge in [0.05, 0.1) is 0 Å². The van der Waals surface area contributed by atoms with Gasteiger partial charge >= 0.3 is 0 Å². The van der Waals surface area contributed by atoms with E-state index in [1.807, 2.05) is 13.0 Å². The second-order valence-corrected chi connectivity index (χ2v) is 5.82. The molecule has 0 saturated carbocycles. The van der Waals surface area contributed by atoms with Gasteiger partial charge in [-0.15, -0.1) is 0 Å². The van der Waals surface area contributed by atoms with Gasteiger partial charge in [0, 0.05) is 11.8 Å². The van der Waals surface area contributed by atoms with Crippen molar-refractivity contribution in [2.24, 2.45) is 0 Å². The highest BCUT2D eigenvalue weighted by atomic mass is 16.5. The van der Waals surface area contributed by atoms with E-state index < -0.39 is 0 Å². The molecule has 3 heteroatoms. The molecule has 3 nitrogen and oxygen atoms in total. The van der Waals surface area contributed by atoms with Crippen LogP contribution < -0.4 is 4.74 Å². The molecule has 0 fully saturated rings. The van der Waals surface area contributed by atoms with Crippen LogP contribution in [0.3, 0.4) is 0 Å². The maximum Gasteiger partial charge on any atom is 0.237 e. The molecule has 20 heavy (non-hydrogen) atoms. The molecule has 2 aromatic rings. The van der Waals surface area contributed by atoms with E-state index in [1.54, 1.807) is 18.3 Å². The topological polar surface area (TPSA) is 45.9 Å². The van der Waals surface area contributed by atoms with Crippen LogP contribution in [-0.4, -0.2) is 4.98 Å². The fourth-order valence-corrected chi connectivity index (χ4v) is 1.99. The molecule has 0 bridgehead atoms. The number of nitriles is 1. The van der Waals surface area contributed by atoms with Gasteiger partial charge in [0.2, 0.25) is 5.88 Å². The number of hydrogen-bond acceptors (Lipinski definition) is 3. The molecule has 0 radical (unpaired) electrons. The Bertz CT molecular complexity index is 663. The normalized spacial score (nSPS) is 10.9. The summed E-state index contributed by atoms with van der Waals surface area (Å²) in [6.45, 7) is 8.42. The molecule has 0 aliphatic rings. The Morgan fingerprint density at radius 3 is 2.60 bits per heavy atom. The minimum absolute atomic E-state index is 0.0371. The lowest BCUT2D eigenvalue weighted by Crippen LogP contribution is -2.13. The summed E-state index contributed by atoms with van der Waals surface area (Å²) in [4.78, 5) is 4.15. The van der Waals surface area contributed by atoms with Crippen molar-refractivity contribution in [3.63, 3.8) is 0 Å². The van der Waals surface area contributed by atoms with E-state index in [1.165, 1.54) is 0 Å². The van der Waals surface area contributed by atoms with Gasteiger partial charge in [-0.05, 0) is 36.1 Å². The predicted molar refractivity (Wildman–Crippen MR) is 78.9 cm³/mol. The van der Waals surface area contributed by atoms with E-state index in [0.717, 1.165) is 16.9 Å². The first-order valence-electron chi connectivity index (χ1n) is 6.56. The van der Waals surface area contributed by atoms with Gasteiger partial charge in [-0.1, -0.05) is 32.9 Å². The van der Waals surface area contributed by atoms with Gasteiger partial charge in [-0.25, -0.2) is 4.98 Å². The molecule has 102 valence electrons. The number of aryl methyl sites for hydroxylation is 1. The average molecular weight is 266 g/mol. The van der Waals surface area contributed by atoms with Crippen LogP contribution in [0.2, 0.25) is 0 Å². The number of ether oxygens (including phenoxy) is 1. The summed E-state index contributed by atoms with van der Waals surface area (Å²) in [6, 6.07) is 11.7. The quantitative estimate of drug-likeness (QED) is 0.811. The van der Waals surface area contributed by atoms with Crippen LogP contribution >= 0.6 is 0 Å². The van der Waals surface area contributed by atoms with Crippen LogP contribution in [0, 0.1) is 18.3 Å². The lowest BCUT2D eigenvalue weighted by atomic mass is 9.86. The molecule has 0 amide bonds. The van der Waals surface area contributed by atoms with E-state index in [-0.39, 0.29) is 5.41 Å². The molecule has 0 atom stereocenters. The van der Waals surface area contributed by atoms with Crippen LogP contribution in [0.25, 0.3) is 0 Å². The van der Waals surface area contributed by atoms with Gasteiger partial charge < -0.3 is 4.74 Å². The van der Waals surface area contributed by atoms with Crippen molar-refractivity contribution in [2.75, 3.05) is 0 Å². The van der Waals surface area contributed by atoms with Gasteiger partial charge in [0.15, 0.2) is 0 Å². The van der Waals surface area contributed by atoms with E-state index in [9.17, 15) is 0 Å². The van der Waals surface area contributed by atoms with E-state index >= 15 is 0 Å². The predicted octanol–water partition coefficient (Wildman–Crippen LogP) is 4.35. The first-order valence-corrected chi connectivity index (χ1v) is 6.56. The Morgan fingerprint density at radius 1 is 1.20 bits per heavy atom. The average Bonchev–Trinajstić information content (AvgIpc) is 2.38. The lowest BCUT2D eigenvalue weighted by Gasteiger charge is -2.23. The Labute approximate surface area is 119 Å². The van der Waals surface area contributed by atoms with Crippen LogP contribution in [0.5, 0.6) is 11.6 Å². The zero-order chi connectivity index (χ0) is 14.8. The smallest absolute Gasteiger partial charge is 0.237 e. The minimum atomic E-state index is -0.0371. The Balaban J connectivity index is 2.48. The molecule has 0 aliphatic heterocycles. The maximum atomic E-state index is 9.11. The Morgan fingerprint density at radius 2 is 1.95 bits per heavy atom. The summed E-state index contributed by atoms with van der Waals surface area (Å²) in [5.41, 5.74) is 2.61. The van der Waals surface area contributed by atoms with Crippen molar-refractivity contribution < 1.29 is 4.74 Å². The molecule has 1 aromatic carbocycles. The Kier molecular flexibility index (Phi) is 3.76. The van der Waals surface area contributed by atoms with Crippen LogP contribution in [0.1, 0.15) is 37.5 Å². The van der Waals surface area contributed by atoms with Gasteiger partial charge in [0.1, 0.15) is 17.4 Å². The third-order valence-corrected chi connectivity index (χ3v) is 3.04. The zero-order valence-electron chi connectivity index (χ0n) is 12.3. The van der Waals surface area contributed by atoms with Crippen LogP contribution in [0.15, 0.2) is 36.5 Å². The fourth-order valence-electron chi connectivity index (χ4n) is 1.99. The highest BCUT2D eigenvalue weighted by molar-refractivity contribution is 5.46. The molecule has 1 aromatic heterocycles. The summed E-state index contributed by atoms with van der Waals surface area (Å²) in [6.07, 6.45) is 1.63. The summed E-state index contributed by atoms with van der Waals surface area (Å²) in [7, 11) is 0. The Hall–Kier alpha value is -2.34. The summed E-state index contributed by atoms with van der Waals surface area (Å²) in [5.74, 6) is 1.11. The third-order valence-electron chi connectivity index (χ3n) is 3.04. The molecule has 0 saturated heterocycles. The van der Waals surface area contributed by atoms with Gasteiger partial charge in [-0.2, -0.15) is 5.26 Å². The summed E-state index contributed by atoms with van der Waals surface area (Å²) >= 11 is 0. The van der Waals surface area contributed by atoms with Crippen LogP contribution in [0.4, 0.5) is 0 Å². The monoisotopic (exact) mass is 266 g/mol. The van der Waals surface area contributed by atoms with E-state index in [4.69, 9.17) is 10.00 Å². The van der Waals surface area contributed by atoms with E-state index in [2.05, 4.69) is 44.0 Å². The lowest BCUT2D eigenvalue weighted by molar-refractivity contribution is 0.438. The second kappa shape index (κ2) is 5.34. The number of nitrogens with zero attached hydrogens (tertiary/aromatic N) is 2. The zero-order valence-corrected chi connectivity index (χ0v) is 12.3. The number of aromatic nitrogens is 1. The summed E-state index contributed by atoms with van der Waals surface area (Å²) in [5, 5.41) is 9.11. The number of hydrogen-bond donors (Lipinski definition) is 0. The SMILES string of the molecule is Cc1ccc(C(C)(C)C)c(Oc2ncccc2C#N)c1. The van der Waals surface area contributed by atoms with Crippen LogP contribution in [-0.2, 0) is 5.41 Å². The van der Waals surface area contributed by atoms with Crippen molar-refractivity contribution in [2.45, 2.75) is 33.1 Å². The first-order chi connectivity index (χ1) is 9.41. The third kappa shape index (κ3) is 2.97. The van der Waals surface area contributed by atoms with Crippen molar-refractivity contribution in [1.82, 2.24) is 4.98 Å². The molecule has 0 N–H and O–H groups in total. The highest BCUT2D eigenvalue weighted by Crippen LogP contribution is 2.35. The van der Waals surface area contributed by atoms with Crippen molar-refractivity contribution in [3.05, 3.63) is 53.2 Å². The first kappa shape index (κ1) is 14.1. The highest BCUT2D eigenvalue weighted by Gasteiger charge is 2.20. The molecular weight excluding hydrogens is 248 g/mol. The van der Waals surface area contributed by atoms with Crippen molar-refractivity contribution in [1.29, 1.82) is 5.26 Å². The standard InChI is InChI=1S/C17H18N2O/c1-12-7-8-14(17(2,3)4)15(10-12)20-16-13(11-18)6-5-9-19-16/h5-10H,1-4H3.